The monoisotopic (exact) mass is 727 g/mol. The van der Waals surface area contributed by atoms with Crippen molar-refractivity contribution in [1.29, 1.82) is 5.26 Å². The van der Waals surface area contributed by atoms with Crippen LogP contribution in [0.2, 0.25) is 0 Å². The summed E-state index contributed by atoms with van der Waals surface area (Å²) in [4.78, 5) is 2.50. The average Bonchev–Trinajstić information content (AvgIpc) is 3.86. The highest BCUT2D eigenvalue weighted by Gasteiger charge is 2.41. The van der Waals surface area contributed by atoms with Crippen LogP contribution in [0.25, 0.3) is 60.5 Å². The molecule has 0 saturated carbocycles. The van der Waals surface area contributed by atoms with Crippen molar-refractivity contribution >= 4 is 44.0 Å². The van der Waals surface area contributed by atoms with Gasteiger partial charge in [-0.05, 0) is 110 Å². The Bertz CT molecular complexity index is 3250. The van der Waals surface area contributed by atoms with Crippen LogP contribution in [0.1, 0.15) is 42.0 Å². The summed E-state index contributed by atoms with van der Waals surface area (Å²) in [5.41, 5.74) is 17.7. The molecule has 0 bridgehead atoms. The molecule has 0 saturated heterocycles. The minimum atomic E-state index is -0.217. The Balaban J connectivity index is 1.13. The number of nitriles is 1. The molecule has 7 aromatic carbocycles. The summed E-state index contributed by atoms with van der Waals surface area (Å²) in [5.74, 6) is 0.544. The van der Waals surface area contributed by atoms with Gasteiger partial charge in [-0.1, -0.05) is 129 Å². The lowest BCUT2D eigenvalue weighted by Crippen LogP contribution is -2.21. The smallest absolute Gasteiger partial charge is 0.0991 e. The number of rotatable bonds is 3. The molecule has 3 aliphatic carbocycles. The van der Waals surface area contributed by atoms with E-state index in [1.807, 2.05) is 6.07 Å². The van der Waals surface area contributed by atoms with Gasteiger partial charge in [-0.3, -0.25) is 0 Å². The van der Waals surface area contributed by atoms with Crippen LogP contribution in [0.3, 0.4) is 0 Å². The first kappa shape index (κ1) is 32.1. The summed E-state index contributed by atoms with van der Waals surface area (Å²) in [6.45, 7) is 4.56. The Hall–Kier alpha value is -7.15. The minimum Gasteiger partial charge on any atom is -0.313 e. The summed E-state index contributed by atoms with van der Waals surface area (Å²) in [6.07, 6.45) is 13.6. The van der Waals surface area contributed by atoms with Crippen molar-refractivity contribution in [2.24, 2.45) is 5.92 Å². The summed E-state index contributed by atoms with van der Waals surface area (Å²) < 4.78 is 2.48. The van der Waals surface area contributed by atoms with Gasteiger partial charge in [0.25, 0.3) is 0 Å². The SMILES string of the molecule is CC1(C)c2ccc(-c3cc(N4C5=CC=C6C=CC=CC6C5c5ccccc54)ccc3-n3c4ccccc4c4c5ccccc5ccc43)cc2-c2ccc(C#N)cc21. The third kappa shape index (κ3) is 4.41. The highest BCUT2D eigenvalue weighted by Crippen LogP contribution is 2.56. The lowest BCUT2D eigenvalue weighted by Gasteiger charge is -2.31. The summed E-state index contributed by atoms with van der Waals surface area (Å²) in [7, 11) is 0. The fraction of sp³-hybridized carbons (Fsp3) is 0.0926. The zero-order chi connectivity index (χ0) is 38.0. The van der Waals surface area contributed by atoms with Crippen molar-refractivity contribution in [1.82, 2.24) is 4.57 Å². The van der Waals surface area contributed by atoms with Crippen LogP contribution >= 0.6 is 0 Å². The third-order valence-corrected chi connectivity index (χ3v) is 13.2. The van der Waals surface area contributed by atoms with E-state index in [2.05, 4.69) is 199 Å². The normalized spacial score (nSPS) is 18.2. The lowest BCUT2D eigenvalue weighted by atomic mass is 9.76. The molecule has 12 rings (SSSR count). The largest absolute Gasteiger partial charge is 0.313 e. The molecule has 4 aliphatic rings. The molecule has 3 heteroatoms. The number of nitrogens with zero attached hydrogens (tertiary/aromatic N) is 3. The van der Waals surface area contributed by atoms with Crippen LogP contribution < -0.4 is 4.90 Å². The third-order valence-electron chi connectivity index (χ3n) is 13.2. The predicted molar refractivity (Wildman–Crippen MR) is 235 cm³/mol. The molecule has 2 atom stereocenters. The van der Waals surface area contributed by atoms with Gasteiger partial charge >= 0.3 is 0 Å². The van der Waals surface area contributed by atoms with Crippen LogP contribution in [0.5, 0.6) is 0 Å². The van der Waals surface area contributed by atoms with Crippen LogP contribution in [-0.4, -0.2) is 4.57 Å². The lowest BCUT2D eigenvalue weighted by molar-refractivity contribution is 0.651. The molecule has 0 spiro atoms. The molecule has 0 radical (unpaired) electrons. The van der Waals surface area contributed by atoms with Crippen LogP contribution in [0.4, 0.5) is 11.4 Å². The maximum atomic E-state index is 9.82. The van der Waals surface area contributed by atoms with E-state index in [9.17, 15) is 5.26 Å². The van der Waals surface area contributed by atoms with Gasteiger partial charge in [0.05, 0.1) is 28.4 Å². The highest BCUT2D eigenvalue weighted by molar-refractivity contribution is 6.21. The number of benzene rings is 7. The Morgan fingerprint density at radius 2 is 1.47 bits per heavy atom. The molecule has 0 N–H and O–H groups in total. The number of fused-ring (bicyclic) bond motifs is 13. The quantitative estimate of drug-likeness (QED) is 0.181. The maximum absolute atomic E-state index is 9.82. The molecule has 1 aromatic heterocycles. The first-order valence-electron chi connectivity index (χ1n) is 19.9. The van der Waals surface area contributed by atoms with Crippen LogP contribution in [0.15, 0.2) is 187 Å². The fourth-order valence-electron chi connectivity index (χ4n) is 10.5. The molecule has 8 aromatic rings. The summed E-state index contributed by atoms with van der Waals surface area (Å²) >= 11 is 0. The van der Waals surface area contributed by atoms with Gasteiger partial charge in [0.2, 0.25) is 0 Å². The van der Waals surface area contributed by atoms with E-state index < -0.39 is 0 Å². The Kier molecular flexibility index (Phi) is 6.58. The van der Waals surface area contributed by atoms with Crippen LogP contribution in [-0.2, 0) is 5.41 Å². The minimum absolute atomic E-state index is 0.217. The van der Waals surface area contributed by atoms with Gasteiger partial charge in [-0.15, -0.1) is 0 Å². The number of aromatic nitrogens is 1. The maximum Gasteiger partial charge on any atom is 0.0991 e. The van der Waals surface area contributed by atoms with E-state index in [-0.39, 0.29) is 11.3 Å². The van der Waals surface area contributed by atoms with Gasteiger partial charge in [-0.2, -0.15) is 5.26 Å². The van der Waals surface area contributed by atoms with E-state index in [0.29, 0.717) is 11.5 Å². The van der Waals surface area contributed by atoms with E-state index in [1.54, 1.807) is 0 Å². The zero-order valence-corrected chi connectivity index (χ0v) is 31.7. The average molecular weight is 728 g/mol. The van der Waals surface area contributed by atoms with Crippen molar-refractivity contribution < 1.29 is 0 Å². The number of para-hydroxylation sites is 2. The standard InChI is InChI=1S/C54H37N3/c1-54(2)45-25-20-36(30-44(45)40-24-19-33(32-55)29-46(40)54)43-31-37(56-47-17-9-7-15-41(47)52-38-13-5-3-11-34(38)21-26-50(52)56)23-28-49(43)57-48-18-10-8-16-42(48)53-39-14-6-4-12-35(39)22-27-51(53)57/h3-31,38,52H,1-2H3. The second-order valence-corrected chi connectivity index (χ2v) is 16.4. The first-order valence-corrected chi connectivity index (χ1v) is 19.9. The van der Waals surface area contributed by atoms with Crippen molar-refractivity contribution in [2.45, 2.75) is 25.2 Å². The van der Waals surface area contributed by atoms with Gasteiger partial charge in [0.15, 0.2) is 0 Å². The van der Waals surface area contributed by atoms with Crippen molar-refractivity contribution in [3.8, 4) is 34.0 Å². The number of hydrogen-bond acceptors (Lipinski definition) is 2. The first-order chi connectivity index (χ1) is 28.0. The summed E-state index contributed by atoms with van der Waals surface area (Å²) in [6, 6.07) is 53.8. The van der Waals surface area contributed by atoms with E-state index in [0.717, 1.165) is 16.9 Å². The molecule has 2 unspecified atom stereocenters. The molecular formula is C54H37N3. The van der Waals surface area contributed by atoms with Crippen molar-refractivity contribution in [2.75, 3.05) is 4.90 Å². The molecule has 0 fully saturated rings. The molecule has 268 valence electrons. The van der Waals surface area contributed by atoms with E-state index >= 15 is 0 Å². The van der Waals surface area contributed by atoms with Gasteiger partial charge in [0.1, 0.15) is 0 Å². The van der Waals surface area contributed by atoms with Gasteiger partial charge < -0.3 is 9.47 Å². The summed E-state index contributed by atoms with van der Waals surface area (Å²) in [5, 5.41) is 14.8. The molecule has 57 heavy (non-hydrogen) atoms. The molecule has 1 aliphatic heterocycles. The molecular weight excluding hydrogens is 691 g/mol. The molecule has 0 amide bonds. The van der Waals surface area contributed by atoms with E-state index in [1.165, 1.54) is 82.9 Å². The number of allylic oxidation sites excluding steroid dienone is 8. The number of hydrogen-bond donors (Lipinski definition) is 0. The van der Waals surface area contributed by atoms with Gasteiger partial charge in [-0.25, -0.2) is 0 Å². The predicted octanol–water partition coefficient (Wildman–Crippen LogP) is 13.6. The second kappa shape index (κ2) is 11.7. The van der Waals surface area contributed by atoms with Gasteiger partial charge in [0, 0.05) is 50.7 Å². The van der Waals surface area contributed by atoms with E-state index in [4.69, 9.17) is 0 Å². The molecule has 3 nitrogen and oxygen atoms in total. The van der Waals surface area contributed by atoms with Crippen LogP contribution in [0, 0.1) is 17.2 Å². The highest BCUT2D eigenvalue weighted by atomic mass is 15.2. The fourth-order valence-corrected chi connectivity index (χ4v) is 10.5. The Labute approximate surface area is 332 Å². The Morgan fingerprint density at radius 3 is 2.39 bits per heavy atom. The number of anilines is 2. The van der Waals surface area contributed by atoms with Crippen molar-refractivity contribution in [3.05, 3.63) is 210 Å². The zero-order valence-electron chi connectivity index (χ0n) is 31.7. The second-order valence-electron chi connectivity index (χ2n) is 16.4. The molecule has 2 heterocycles. The van der Waals surface area contributed by atoms with Crippen molar-refractivity contribution in [3.63, 3.8) is 0 Å². The topological polar surface area (TPSA) is 32.0 Å². The Morgan fingerprint density at radius 1 is 0.632 bits per heavy atom.